The third kappa shape index (κ3) is 2.68. The van der Waals surface area contributed by atoms with Crippen molar-refractivity contribution in [3.05, 3.63) is 76.5 Å². The number of benzene rings is 1. The summed E-state index contributed by atoms with van der Waals surface area (Å²) in [6.07, 6.45) is 3.97. The molecule has 0 unspecified atom stereocenters. The topological polar surface area (TPSA) is 56.7 Å². The second kappa shape index (κ2) is 5.28. The Labute approximate surface area is 131 Å². The highest BCUT2D eigenvalue weighted by Gasteiger charge is 2.04. The summed E-state index contributed by atoms with van der Waals surface area (Å²) in [6, 6.07) is 12.6. The van der Waals surface area contributed by atoms with Gasteiger partial charge in [-0.3, -0.25) is 0 Å². The third-order valence-corrected chi connectivity index (χ3v) is 3.63. The van der Waals surface area contributed by atoms with E-state index in [4.69, 9.17) is 9.15 Å². The molecule has 23 heavy (non-hydrogen) atoms. The number of pyridine rings is 1. The van der Waals surface area contributed by atoms with Crippen molar-refractivity contribution in [1.29, 1.82) is 0 Å². The number of aryl methyl sites for hydroxylation is 1. The maximum atomic E-state index is 11.3. The van der Waals surface area contributed by atoms with Crippen LogP contribution in [0, 0.1) is 6.92 Å². The van der Waals surface area contributed by atoms with Gasteiger partial charge in [0.2, 0.25) is 0 Å². The van der Waals surface area contributed by atoms with Crippen molar-refractivity contribution >= 4 is 16.6 Å². The van der Waals surface area contributed by atoms with E-state index in [0.29, 0.717) is 17.9 Å². The van der Waals surface area contributed by atoms with E-state index < -0.39 is 0 Å². The van der Waals surface area contributed by atoms with E-state index in [1.54, 1.807) is 12.1 Å². The van der Waals surface area contributed by atoms with Crippen LogP contribution in [0.25, 0.3) is 16.6 Å². The van der Waals surface area contributed by atoms with Crippen molar-refractivity contribution in [3.8, 4) is 5.75 Å². The molecule has 114 valence electrons. The number of rotatable bonds is 3. The van der Waals surface area contributed by atoms with Crippen molar-refractivity contribution in [1.82, 2.24) is 9.38 Å². The minimum atomic E-state index is -0.370. The minimum absolute atomic E-state index is 0.350. The van der Waals surface area contributed by atoms with Crippen LogP contribution in [0.15, 0.2) is 64.1 Å². The molecule has 4 aromatic rings. The molecule has 0 atom stereocenters. The minimum Gasteiger partial charge on any atom is -0.487 e. The van der Waals surface area contributed by atoms with Crippen LogP contribution < -0.4 is 10.4 Å². The second-order valence-corrected chi connectivity index (χ2v) is 5.45. The van der Waals surface area contributed by atoms with Gasteiger partial charge in [-0.05, 0) is 36.8 Å². The van der Waals surface area contributed by atoms with Crippen molar-refractivity contribution in [2.75, 3.05) is 0 Å². The standard InChI is InChI=1S/C18H14N2O3/c1-12-2-6-17-19-14(10-20(17)9-12)11-22-15-5-3-13-4-7-18(21)23-16(13)8-15/h2-10H,11H2,1H3. The van der Waals surface area contributed by atoms with Gasteiger partial charge in [-0.25, -0.2) is 9.78 Å². The first-order valence-electron chi connectivity index (χ1n) is 7.28. The van der Waals surface area contributed by atoms with Crippen molar-refractivity contribution < 1.29 is 9.15 Å². The lowest BCUT2D eigenvalue weighted by Crippen LogP contribution is -1.97. The molecule has 0 aliphatic carbocycles. The van der Waals surface area contributed by atoms with E-state index in [9.17, 15) is 4.79 Å². The molecule has 0 N–H and O–H groups in total. The van der Waals surface area contributed by atoms with Gasteiger partial charge in [-0.15, -0.1) is 0 Å². The summed E-state index contributed by atoms with van der Waals surface area (Å²) in [5.74, 6) is 0.639. The smallest absolute Gasteiger partial charge is 0.336 e. The molecule has 0 bridgehead atoms. The molecular weight excluding hydrogens is 292 g/mol. The summed E-state index contributed by atoms with van der Waals surface area (Å²) < 4.78 is 12.9. The van der Waals surface area contributed by atoms with Crippen LogP contribution in [0.4, 0.5) is 0 Å². The first kappa shape index (κ1) is 13.6. The maximum Gasteiger partial charge on any atom is 0.336 e. The van der Waals surface area contributed by atoms with Crippen molar-refractivity contribution in [2.24, 2.45) is 0 Å². The normalized spacial score (nSPS) is 11.2. The quantitative estimate of drug-likeness (QED) is 0.545. The highest BCUT2D eigenvalue weighted by Crippen LogP contribution is 2.20. The number of hydrogen-bond acceptors (Lipinski definition) is 4. The first-order valence-corrected chi connectivity index (χ1v) is 7.28. The molecule has 4 rings (SSSR count). The zero-order valence-corrected chi connectivity index (χ0v) is 12.5. The predicted octanol–water partition coefficient (Wildman–Crippen LogP) is 3.33. The van der Waals surface area contributed by atoms with Crippen LogP contribution in [-0.4, -0.2) is 9.38 Å². The Kier molecular flexibility index (Phi) is 3.12. The zero-order chi connectivity index (χ0) is 15.8. The van der Waals surface area contributed by atoms with Crippen LogP contribution in [-0.2, 0) is 6.61 Å². The predicted molar refractivity (Wildman–Crippen MR) is 86.7 cm³/mol. The molecule has 5 nitrogen and oxygen atoms in total. The maximum absolute atomic E-state index is 11.3. The second-order valence-electron chi connectivity index (χ2n) is 5.45. The highest BCUT2D eigenvalue weighted by atomic mass is 16.5. The van der Waals surface area contributed by atoms with Gasteiger partial charge in [0.05, 0.1) is 5.69 Å². The number of ether oxygens (including phenoxy) is 1. The van der Waals surface area contributed by atoms with Crippen LogP contribution >= 0.6 is 0 Å². The average Bonchev–Trinajstić information content (AvgIpc) is 2.94. The summed E-state index contributed by atoms with van der Waals surface area (Å²) in [4.78, 5) is 15.8. The van der Waals surface area contributed by atoms with Gasteiger partial charge in [-0.1, -0.05) is 6.07 Å². The Morgan fingerprint density at radius 1 is 1.13 bits per heavy atom. The average molecular weight is 306 g/mol. The monoisotopic (exact) mass is 306 g/mol. The number of hydrogen-bond donors (Lipinski definition) is 0. The first-order chi connectivity index (χ1) is 11.2. The molecule has 0 aliphatic heterocycles. The third-order valence-electron chi connectivity index (χ3n) is 3.63. The molecule has 1 aromatic carbocycles. The molecule has 0 saturated heterocycles. The molecule has 0 aliphatic rings. The number of aromatic nitrogens is 2. The van der Waals surface area contributed by atoms with Crippen molar-refractivity contribution in [2.45, 2.75) is 13.5 Å². The van der Waals surface area contributed by atoms with E-state index in [2.05, 4.69) is 4.98 Å². The summed E-state index contributed by atoms with van der Waals surface area (Å²) in [7, 11) is 0. The lowest BCUT2D eigenvalue weighted by molar-refractivity contribution is 0.302. The van der Waals surface area contributed by atoms with Crippen LogP contribution in [0.1, 0.15) is 11.3 Å². The lowest BCUT2D eigenvalue weighted by atomic mass is 10.2. The van der Waals surface area contributed by atoms with Gasteiger partial charge in [-0.2, -0.15) is 0 Å². The largest absolute Gasteiger partial charge is 0.487 e. The van der Waals surface area contributed by atoms with Crippen LogP contribution in [0.5, 0.6) is 5.75 Å². The molecule has 0 radical (unpaired) electrons. The highest BCUT2D eigenvalue weighted by molar-refractivity contribution is 5.77. The van der Waals surface area contributed by atoms with E-state index in [1.807, 2.05) is 48.0 Å². The molecule has 3 aromatic heterocycles. The van der Waals surface area contributed by atoms with E-state index in [-0.39, 0.29) is 5.63 Å². The van der Waals surface area contributed by atoms with Crippen LogP contribution in [0.2, 0.25) is 0 Å². The fourth-order valence-electron chi connectivity index (χ4n) is 2.51. The Bertz CT molecular complexity index is 1060. The van der Waals surface area contributed by atoms with Gasteiger partial charge >= 0.3 is 5.63 Å². The summed E-state index contributed by atoms with van der Waals surface area (Å²) in [5.41, 5.74) is 3.04. The van der Waals surface area contributed by atoms with E-state index in [0.717, 1.165) is 16.7 Å². The fourth-order valence-corrected chi connectivity index (χ4v) is 2.51. The molecular formula is C18H14N2O3. The SMILES string of the molecule is Cc1ccc2nc(COc3ccc4ccc(=O)oc4c3)cn2c1. The van der Waals surface area contributed by atoms with Crippen LogP contribution in [0.3, 0.4) is 0 Å². The van der Waals surface area contributed by atoms with E-state index in [1.165, 1.54) is 11.6 Å². The van der Waals surface area contributed by atoms with Crippen molar-refractivity contribution in [3.63, 3.8) is 0 Å². The van der Waals surface area contributed by atoms with Gasteiger partial charge in [0.15, 0.2) is 0 Å². The molecule has 0 fully saturated rings. The summed E-state index contributed by atoms with van der Waals surface area (Å²) in [5, 5.41) is 0.861. The Balaban J connectivity index is 1.58. The number of fused-ring (bicyclic) bond motifs is 2. The Hall–Kier alpha value is -3.08. The lowest BCUT2D eigenvalue weighted by Gasteiger charge is -2.04. The van der Waals surface area contributed by atoms with Gasteiger partial charge in [0.25, 0.3) is 0 Å². The summed E-state index contributed by atoms with van der Waals surface area (Å²) in [6.45, 7) is 2.39. The Morgan fingerprint density at radius 2 is 2.00 bits per heavy atom. The van der Waals surface area contributed by atoms with Gasteiger partial charge < -0.3 is 13.6 Å². The molecule has 0 spiro atoms. The zero-order valence-electron chi connectivity index (χ0n) is 12.5. The summed E-state index contributed by atoms with van der Waals surface area (Å²) >= 11 is 0. The fraction of sp³-hybridized carbons (Fsp3) is 0.111. The molecule has 5 heteroatoms. The Morgan fingerprint density at radius 3 is 2.91 bits per heavy atom. The van der Waals surface area contributed by atoms with E-state index >= 15 is 0 Å². The molecule has 0 saturated carbocycles. The molecule has 0 amide bonds. The molecule has 3 heterocycles. The van der Waals surface area contributed by atoms with Gasteiger partial charge in [0.1, 0.15) is 23.6 Å². The van der Waals surface area contributed by atoms with Gasteiger partial charge in [0, 0.05) is 29.9 Å². The number of nitrogens with zero attached hydrogens (tertiary/aromatic N) is 2. The number of imidazole rings is 1.